The minimum atomic E-state index is -3.89. The normalized spacial score (nSPS) is 11.5. The van der Waals surface area contributed by atoms with E-state index in [1.54, 1.807) is 13.0 Å². The predicted octanol–water partition coefficient (Wildman–Crippen LogP) is 2.40. The molecule has 3 aromatic rings. The van der Waals surface area contributed by atoms with Gasteiger partial charge in [0.05, 0.1) is 24.2 Å². The van der Waals surface area contributed by atoms with E-state index in [-0.39, 0.29) is 23.1 Å². The van der Waals surface area contributed by atoms with Crippen molar-refractivity contribution in [2.45, 2.75) is 25.3 Å². The van der Waals surface area contributed by atoms with Gasteiger partial charge in [0.1, 0.15) is 16.5 Å². The van der Waals surface area contributed by atoms with Crippen molar-refractivity contribution in [3.05, 3.63) is 48.3 Å². The average molecular weight is 388 g/mol. The highest BCUT2D eigenvalue weighted by molar-refractivity contribution is 7.89. The number of hydrogen-bond donors (Lipinski definition) is 3. The third-order valence-corrected chi connectivity index (χ3v) is 5.14. The number of sulfonamides is 1. The van der Waals surface area contributed by atoms with Gasteiger partial charge in [0.25, 0.3) is 0 Å². The Hall–Kier alpha value is -2.91. The second-order valence-corrected chi connectivity index (χ2v) is 7.54. The number of anilines is 1. The zero-order chi connectivity index (χ0) is 19.4. The van der Waals surface area contributed by atoms with Gasteiger partial charge in [0.2, 0.25) is 15.9 Å². The topological polar surface area (TPSA) is 113 Å². The van der Waals surface area contributed by atoms with Crippen LogP contribution in [0.1, 0.15) is 19.7 Å². The number of para-hydroxylation sites is 2. The summed E-state index contributed by atoms with van der Waals surface area (Å²) in [6.45, 7) is 3.42. The van der Waals surface area contributed by atoms with Crippen LogP contribution in [-0.4, -0.2) is 30.9 Å². The summed E-state index contributed by atoms with van der Waals surface area (Å²) in [7, 11) is -3.89. The molecule has 0 unspecified atom stereocenters. The molecule has 0 aliphatic heterocycles. The maximum atomic E-state index is 12.8. The molecule has 0 radical (unpaired) electrons. The fraction of sp³-hybridized carbons (Fsp3) is 0.222. The highest BCUT2D eigenvalue weighted by Crippen LogP contribution is 2.27. The number of rotatable bonds is 7. The largest absolute Gasteiger partial charge is 0.492 e. The quantitative estimate of drug-likeness (QED) is 0.575. The number of carbonyl (C=O) groups excluding carboxylic acids is 1. The summed E-state index contributed by atoms with van der Waals surface area (Å²) in [6, 6.07) is 11.9. The average Bonchev–Trinajstić information content (AvgIpc) is 3.04. The van der Waals surface area contributed by atoms with Gasteiger partial charge in [-0.1, -0.05) is 12.1 Å². The highest BCUT2D eigenvalue weighted by atomic mass is 32.2. The van der Waals surface area contributed by atoms with E-state index >= 15 is 0 Å². The van der Waals surface area contributed by atoms with Crippen LogP contribution in [0, 0.1) is 0 Å². The number of hydrogen-bond acceptors (Lipinski definition) is 5. The smallest absolute Gasteiger partial charge is 0.244 e. The molecule has 1 amide bonds. The van der Waals surface area contributed by atoms with E-state index in [1.165, 1.54) is 19.1 Å². The van der Waals surface area contributed by atoms with Crippen molar-refractivity contribution >= 4 is 32.7 Å². The van der Waals surface area contributed by atoms with Gasteiger partial charge in [-0.25, -0.2) is 18.1 Å². The SMILES string of the molecule is CCOc1ccc(NC(C)=O)cc1S(=O)(=O)NCc1nc2ccccc2[nH]1. The lowest BCUT2D eigenvalue weighted by atomic mass is 10.3. The Morgan fingerprint density at radius 1 is 1.22 bits per heavy atom. The molecule has 27 heavy (non-hydrogen) atoms. The number of amides is 1. The molecule has 1 aromatic heterocycles. The fourth-order valence-corrected chi connectivity index (χ4v) is 3.76. The number of nitrogens with one attached hydrogen (secondary N) is 3. The van der Waals surface area contributed by atoms with Gasteiger partial charge >= 0.3 is 0 Å². The number of aromatic nitrogens is 2. The lowest BCUT2D eigenvalue weighted by molar-refractivity contribution is -0.114. The minimum Gasteiger partial charge on any atom is -0.492 e. The zero-order valence-corrected chi connectivity index (χ0v) is 15.8. The number of ether oxygens (including phenoxy) is 1. The van der Waals surface area contributed by atoms with Gasteiger partial charge < -0.3 is 15.0 Å². The highest BCUT2D eigenvalue weighted by Gasteiger charge is 2.21. The predicted molar refractivity (Wildman–Crippen MR) is 102 cm³/mol. The van der Waals surface area contributed by atoms with Crippen molar-refractivity contribution in [3.63, 3.8) is 0 Å². The van der Waals surface area contributed by atoms with Crippen LogP contribution in [0.25, 0.3) is 11.0 Å². The molecule has 3 rings (SSSR count). The number of carbonyl (C=O) groups is 1. The third-order valence-electron chi connectivity index (χ3n) is 3.72. The molecule has 0 saturated heterocycles. The monoisotopic (exact) mass is 388 g/mol. The molecule has 8 nitrogen and oxygen atoms in total. The van der Waals surface area contributed by atoms with Crippen LogP contribution in [0.3, 0.4) is 0 Å². The number of benzene rings is 2. The fourth-order valence-electron chi connectivity index (χ4n) is 2.60. The molecule has 0 aliphatic rings. The molecule has 0 aliphatic carbocycles. The summed E-state index contributed by atoms with van der Waals surface area (Å²) >= 11 is 0. The van der Waals surface area contributed by atoms with Gasteiger partial charge in [0.15, 0.2) is 0 Å². The molecular weight excluding hydrogens is 368 g/mol. The second kappa shape index (κ2) is 7.77. The number of H-pyrrole nitrogens is 1. The standard InChI is InChI=1S/C18H20N4O4S/c1-3-26-16-9-8-13(20-12(2)23)10-17(16)27(24,25)19-11-18-21-14-6-4-5-7-15(14)22-18/h4-10,19H,3,11H2,1-2H3,(H,20,23)(H,21,22). The molecule has 1 heterocycles. The molecule has 0 bridgehead atoms. The van der Waals surface area contributed by atoms with E-state index in [0.717, 1.165) is 11.0 Å². The Kier molecular flexibility index (Phi) is 5.43. The number of fused-ring (bicyclic) bond motifs is 1. The van der Waals surface area contributed by atoms with Gasteiger partial charge in [-0.15, -0.1) is 0 Å². The van der Waals surface area contributed by atoms with Crippen molar-refractivity contribution in [2.75, 3.05) is 11.9 Å². The van der Waals surface area contributed by atoms with Gasteiger partial charge in [-0.3, -0.25) is 4.79 Å². The molecule has 0 spiro atoms. The van der Waals surface area contributed by atoms with Crippen LogP contribution >= 0.6 is 0 Å². The van der Waals surface area contributed by atoms with E-state index < -0.39 is 10.0 Å². The second-order valence-electron chi connectivity index (χ2n) is 5.80. The lowest BCUT2D eigenvalue weighted by Crippen LogP contribution is -2.24. The summed E-state index contributed by atoms with van der Waals surface area (Å²) in [4.78, 5) is 18.6. The van der Waals surface area contributed by atoms with Crippen molar-refractivity contribution in [2.24, 2.45) is 0 Å². The molecule has 2 aromatic carbocycles. The summed E-state index contributed by atoms with van der Waals surface area (Å²) < 4.78 is 33.6. The third kappa shape index (κ3) is 4.44. The number of aromatic amines is 1. The Morgan fingerprint density at radius 3 is 2.70 bits per heavy atom. The van der Waals surface area contributed by atoms with E-state index in [1.807, 2.05) is 24.3 Å². The van der Waals surface area contributed by atoms with Crippen LogP contribution in [0.2, 0.25) is 0 Å². The van der Waals surface area contributed by atoms with E-state index in [2.05, 4.69) is 20.0 Å². The van der Waals surface area contributed by atoms with Crippen molar-refractivity contribution < 1.29 is 17.9 Å². The van der Waals surface area contributed by atoms with Crippen molar-refractivity contribution in [1.82, 2.24) is 14.7 Å². The zero-order valence-electron chi connectivity index (χ0n) is 14.9. The van der Waals surface area contributed by atoms with Gasteiger partial charge in [-0.05, 0) is 37.3 Å². The first-order valence-electron chi connectivity index (χ1n) is 8.37. The first-order valence-corrected chi connectivity index (χ1v) is 9.85. The van der Waals surface area contributed by atoms with Crippen LogP contribution in [-0.2, 0) is 21.4 Å². The summed E-state index contributed by atoms with van der Waals surface area (Å²) in [5.41, 5.74) is 1.96. The molecular formula is C18H20N4O4S. The van der Waals surface area contributed by atoms with Crippen LogP contribution < -0.4 is 14.8 Å². The van der Waals surface area contributed by atoms with Gasteiger partial charge in [-0.2, -0.15) is 0 Å². The van der Waals surface area contributed by atoms with Crippen molar-refractivity contribution in [1.29, 1.82) is 0 Å². The first-order chi connectivity index (χ1) is 12.9. The number of imidazole rings is 1. The maximum absolute atomic E-state index is 12.8. The number of nitrogens with zero attached hydrogens (tertiary/aromatic N) is 1. The first kappa shape index (κ1) is 18.9. The van der Waals surface area contributed by atoms with Crippen LogP contribution in [0.5, 0.6) is 5.75 Å². The summed E-state index contributed by atoms with van der Waals surface area (Å²) in [5.74, 6) is 0.414. The molecule has 0 saturated carbocycles. The van der Waals surface area contributed by atoms with Crippen LogP contribution in [0.4, 0.5) is 5.69 Å². The molecule has 142 valence electrons. The molecule has 0 atom stereocenters. The van der Waals surface area contributed by atoms with E-state index in [9.17, 15) is 13.2 Å². The van der Waals surface area contributed by atoms with Gasteiger partial charge in [0, 0.05) is 12.6 Å². The Balaban J connectivity index is 1.86. The molecule has 9 heteroatoms. The molecule has 0 fully saturated rings. The molecule has 3 N–H and O–H groups in total. The summed E-state index contributed by atoms with van der Waals surface area (Å²) in [6.07, 6.45) is 0. The van der Waals surface area contributed by atoms with E-state index in [4.69, 9.17) is 4.74 Å². The minimum absolute atomic E-state index is 0.00700. The van der Waals surface area contributed by atoms with Crippen LogP contribution in [0.15, 0.2) is 47.4 Å². The Bertz CT molecular complexity index is 1040. The van der Waals surface area contributed by atoms with E-state index in [0.29, 0.717) is 18.1 Å². The maximum Gasteiger partial charge on any atom is 0.244 e. The van der Waals surface area contributed by atoms with Crippen molar-refractivity contribution in [3.8, 4) is 5.75 Å². The summed E-state index contributed by atoms with van der Waals surface area (Å²) in [5, 5.41) is 2.57. The Morgan fingerprint density at radius 2 is 2.00 bits per heavy atom. The lowest BCUT2D eigenvalue weighted by Gasteiger charge is -2.13. The Labute approximate surface area is 157 Å².